The van der Waals surface area contributed by atoms with Crippen LogP contribution in [0.3, 0.4) is 0 Å². The van der Waals surface area contributed by atoms with E-state index < -0.39 is 11.9 Å². The standard InChI is InChI=1S/C12H10N2O3/c1-14-11(15)10(7-13)6-8-2-4-9(5-3-8)12(16)17/h2-6H,1H3,(H,14,15)(H,16,17)/b10-6+. The van der Waals surface area contributed by atoms with E-state index in [0.29, 0.717) is 5.56 Å². The number of likely N-dealkylation sites (N-methyl/N-ethyl adjacent to an activating group) is 1. The molecular weight excluding hydrogens is 220 g/mol. The molecule has 0 aliphatic rings. The van der Waals surface area contributed by atoms with Gasteiger partial charge in [-0.05, 0) is 23.8 Å². The van der Waals surface area contributed by atoms with Crippen LogP contribution in [0, 0.1) is 11.3 Å². The maximum Gasteiger partial charge on any atom is 0.335 e. The van der Waals surface area contributed by atoms with Gasteiger partial charge in [0.15, 0.2) is 0 Å². The number of carbonyl (C=O) groups is 2. The maximum atomic E-state index is 11.2. The Balaban J connectivity index is 3.02. The third kappa shape index (κ3) is 3.18. The van der Waals surface area contributed by atoms with Crippen molar-refractivity contribution in [3.8, 4) is 6.07 Å². The lowest BCUT2D eigenvalue weighted by atomic mass is 10.1. The zero-order valence-corrected chi connectivity index (χ0v) is 9.10. The highest BCUT2D eigenvalue weighted by Crippen LogP contribution is 2.09. The van der Waals surface area contributed by atoms with Gasteiger partial charge in [0.2, 0.25) is 0 Å². The number of aromatic carboxylic acids is 1. The lowest BCUT2D eigenvalue weighted by molar-refractivity contribution is -0.116. The molecule has 0 aliphatic carbocycles. The topological polar surface area (TPSA) is 90.2 Å². The number of amides is 1. The molecule has 0 saturated heterocycles. The third-order valence-electron chi connectivity index (χ3n) is 2.06. The summed E-state index contributed by atoms with van der Waals surface area (Å²) in [6.07, 6.45) is 1.39. The average molecular weight is 230 g/mol. The molecule has 5 nitrogen and oxygen atoms in total. The van der Waals surface area contributed by atoms with E-state index in [0.717, 1.165) is 0 Å². The summed E-state index contributed by atoms with van der Waals surface area (Å²) in [5, 5.41) is 19.8. The van der Waals surface area contributed by atoms with E-state index in [1.165, 1.54) is 37.4 Å². The molecule has 5 heteroatoms. The van der Waals surface area contributed by atoms with Crippen molar-refractivity contribution < 1.29 is 14.7 Å². The van der Waals surface area contributed by atoms with Gasteiger partial charge in [0.1, 0.15) is 11.6 Å². The first-order valence-electron chi connectivity index (χ1n) is 4.75. The van der Waals surface area contributed by atoms with E-state index in [1.807, 2.05) is 0 Å². The van der Waals surface area contributed by atoms with Gasteiger partial charge in [-0.15, -0.1) is 0 Å². The van der Waals surface area contributed by atoms with Gasteiger partial charge in [0.05, 0.1) is 5.56 Å². The number of carbonyl (C=O) groups excluding carboxylic acids is 1. The minimum absolute atomic E-state index is 0.0319. The van der Waals surface area contributed by atoms with E-state index in [2.05, 4.69) is 5.32 Å². The van der Waals surface area contributed by atoms with E-state index in [-0.39, 0.29) is 11.1 Å². The van der Waals surface area contributed by atoms with Gasteiger partial charge in [-0.1, -0.05) is 12.1 Å². The number of hydrogen-bond donors (Lipinski definition) is 2. The van der Waals surface area contributed by atoms with E-state index in [1.54, 1.807) is 6.07 Å². The highest BCUT2D eigenvalue weighted by Gasteiger charge is 2.06. The van der Waals surface area contributed by atoms with Gasteiger partial charge in [-0.25, -0.2) is 4.79 Å². The Bertz CT molecular complexity index is 510. The molecule has 2 N–H and O–H groups in total. The SMILES string of the molecule is CNC(=O)/C(C#N)=C/c1ccc(C(=O)O)cc1. The Kier molecular flexibility index (Phi) is 4.01. The van der Waals surface area contributed by atoms with Crippen LogP contribution in [-0.4, -0.2) is 24.0 Å². The van der Waals surface area contributed by atoms with Crippen LogP contribution < -0.4 is 5.32 Å². The number of nitriles is 1. The molecule has 0 heterocycles. The number of hydrogen-bond acceptors (Lipinski definition) is 3. The molecule has 0 unspecified atom stereocenters. The van der Waals surface area contributed by atoms with E-state index in [4.69, 9.17) is 10.4 Å². The van der Waals surface area contributed by atoms with Crippen molar-refractivity contribution in [3.63, 3.8) is 0 Å². The maximum absolute atomic E-state index is 11.2. The lowest BCUT2D eigenvalue weighted by Gasteiger charge is -1.98. The number of nitrogens with zero attached hydrogens (tertiary/aromatic N) is 1. The van der Waals surface area contributed by atoms with Crippen molar-refractivity contribution in [2.45, 2.75) is 0 Å². The van der Waals surface area contributed by atoms with Gasteiger partial charge < -0.3 is 10.4 Å². The molecule has 0 atom stereocenters. The van der Waals surface area contributed by atoms with E-state index >= 15 is 0 Å². The summed E-state index contributed by atoms with van der Waals surface area (Å²) in [6.45, 7) is 0. The zero-order chi connectivity index (χ0) is 12.8. The monoisotopic (exact) mass is 230 g/mol. The molecule has 0 aliphatic heterocycles. The molecule has 1 rings (SSSR count). The molecule has 0 spiro atoms. The van der Waals surface area contributed by atoms with Crippen LogP contribution in [0.1, 0.15) is 15.9 Å². The molecule has 86 valence electrons. The highest BCUT2D eigenvalue weighted by molar-refractivity contribution is 6.01. The number of nitrogens with one attached hydrogen (secondary N) is 1. The minimum atomic E-state index is -1.02. The summed E-state index contributed by atoms with van der Waals surface area (Å²) < 4.78 is 0. The molecule has 0 fully saturated rings. The second-order valence-electron chi connectivity index (χ2n) is 3.18. The Hall–Kier alpha value is -2.61. The van der Waals surface area contributed by atoms with E-state index in [9.17, 15) is 9.59 Å². The second kappa shape index (κ2) is 5.47. The van der Waals surface area contributed by atoms with Crippen molar-refractivity contribution in [2.75, 3.05) is 7.05 Å². The second-order valence-corrected chi connectivity index (χ2v) is 3.18. The molecule has 1 amide bonds. The first-order chi connectivity index (χ1) is 8.08. The molecule has 0 radical (unpaired) electrons. The van der Waals surface area contributed by atoms with Gasteiger partial charge >= 0.3 is 5.97 Å². The lowest BCUT2D eigenvalue weighted by Crippen LogP contribution is -2.19. The van der Waals surface area contributed by atoms with Crippen LogP contribution >= 0.6 is 0 Å². The van der Waals surface area contributed by atoms with Crippen molar-refractivity contribution in [1.29, 1.82) is 5.26 Å². The Morgan fingerprint density at radius 2 is 1.94 bits per heavy atom. The molecular formula is C12H10N2O3. The Labute approximate surface area is 98.0 Å². The Morgan fingerprint density at radius 1 is 1.35 bits per heavy atom. The third-order valence-corrected chi connectivity index (χ3v) is 2.06. The van der Waals surface area contributed by atoms with Gasteiger partial charge in [-0.2, -0.15) is 5.26 Å². The number of rotatable bonds is 3. The fraction of sp³-hybridized carbons (Fsp3) is 0.0833. The number of carboxylic acids is 1. The van der Waals surface area contributed by atoms with Crippen LogP contribution in [0.25, 0.3) is 6.08 Å². The van der Waals surface area contributed by atoms with Crippen molar-refractivity contribution in [1.82, 2.24) is 5.32 Å². The minimum Gasteiger partial charge on any atom is -0.478 e. The van der Waals surface area contributed by atoms with Crippen LogP contribution in [0.2, 0.25) is 0 Å². The summed E-state index contributed by atoms with van der Waals surface area (Å²) in [4.78, 5) is 21.8. The largest absolute Gasteiger partial charge is 0.478 e. The molecule has 0 bridgehead atoms. The zero-order valence-electron chi connectivity index (χ0n) is 9.10. The molecule has 0 aromatic heterocycles. The predicted octanol–water partition coefficient (Wildman–Crippen LogP) is 1.04. The van der Waals surface area contributed by atoms with Crippen LogP contribution in [-0.2, 0) is 4.79 Å². The average Bonchev–Trinajstić information content (AvgIpc) is 2.35. The van der Waals surface area contributed by atoms with Gasteiger partial charge in [-0.3, -0.25) is 4.79 Å². The van der Waals surface area contributed by atoms with Crippen molar-refractivity contribution >= 4 is 18.0 Å². The Morgan fingerprint density at radius 3 is 2.35 bits per heavy atom. The number of benzene rings is 1. The van der Waals surface area contributed by atoms with Crippen molar-refractivity contribution in [3.05, 3.63) is 41.0 Å². The summed E-state index contributed by atoms with van der Waals surface area (Å²) in [6, 6.07) is 7.65. The first kappa shape index (κ1) is 12.5. The number of carboxylic acid groups (broad SMARTS) is 1. The summed E-state index contributed by atoms with van der Waals surface area (Å²) >= 11 is 0. The van der Waals surface area contributed by atoms with Crippen LogP contribution in [0.15, 0.2) is 29.8 Å². The van der Waals surface area contributed by atoms with Crippen LogP contribution in [0.4, 0.5) is 0 Å². The molecule has 1 aromatic rings. The normalized spacial score (nSPS) is 10.5. The summed E-state index contributed by atoms with van der Waals surface area (Å²) in [7, 11) is 1.43. The smallest absolute Gasteiger partial charge is 0.335 e. The molecule has 17 heavy (non-hydrogen) atoms. The highest BCUT2D eigenvalue weighted by atomic mass is 16.4. The van der Waals surface area contributed by atoms with Gasteiger partial charge in [0, 0.05) is 7.05 Å². The van der Waals surface area contributed by atoms with Gasteiger partial charge in [0.25, 0.3) is 5.91 Å². The molecule has 1 aromatic carbocycles. The van der Waals surface area contributed by atoms with Crippen LogP contribution in [0.5, 0.6) is 0 Å². The summed E-state index contributed by atoms with van der Waals surface area (Å²) in [5.74, 6) is -1.50. The quantitative estimate of drug-likeness (QED) is 0.599. The molecule has 0 saturated carbocycles. The fourth-order valence-electron chi connectivity index (χ4n) is 1.17. The predicted molar refractivity (Wildman–Crippen MR) is 61.1 cm³/mol. The first-order valence-corrected chi connectivity index (χ1v) is 4.75. The fourth-order valence-corrected chi connectivity index (χ4v) is 1.17. The van der Waals surface area contributed by atoms with Crippen molar-refractivity contribution in [2.24, 2.45) is 0 Å². The summed E-state index contributed by atoms with van der Waals surface area (Å²) in [5.41, 5.74) is 0.714.